The summed E-state index contributed by atoms with van der Waals surface area (Å²) in [5.41, 5.74) is 4.07. The van der Waals surface area contributed by atoms with Gasteiger partial charge < -0.3 is 0 Å². The number of allylic oxidation sites excluding steroid dienone is 1. The summed E-state index contributed by atoms with van der Waals surface area (Å²) < 4.78 is 3.90. The molecule has 0 radical (unpaired) electrons. The molecule has 0 unspecified atom stereocenters. The fraction of sp³-hybridized carbons (Fsp3) is 0.263. The first-order valence-electron chi connectivity index (χ1n) is 8.97. The Balaban J connectivity index is 2.12. The molecule has 11 heteroatoms. The van der Waals surface area contributed by atoms with Crippen molar-refractivity contribution in [3.63, 3.8) is 0 Å². The van der Waals surface area contributed by atoms with E-state index in [9.17, 15) is 19.7 Å². The molecule has 0 aliphatic rings. The van der Waals surface area contributed by atoms with E-state index in [-0.39, 0.29) is 29.3 Å². The van der Waals surface area contributed by atoms with E-state index in [4.69, 9.17) is 0 Å². The largest absolute Gasteiger partial charge is 0.332 e. The molecule has 0 spiro atoms. The van der Waals surface area contributed by atoms with Crippen molar-refractivity contribution in [2.75, 3.05) is 5.43 Å². The SMILES string of the molecule is C=C(C)Cn1c(N/N=C(/C)c2cccc([N+](=O)[O-])c2)nc2c1c(=O)n(C)c(=O)n2C. The molecule has 0 atom stereocenters. The lowest BCUT2D eigenvalue weighted by atomic mass is 10.1. The molecule has 3 rings (SSSR count). The van der Waals surface area contributed by atoms with Crippen LogP contribution in [-0.2, 0) is 20.6 Å². The maximum atomic E-state index is 12.7. The van der Waals surface area contributed by atoms with Crippen LogP contribution in [-0.4, -0.2) is 29.3 Å². The highest BCUT2D eigenvalue weighted by atomic mass is 16.6. The highest BCUT2D eigenvalue weighted by Crippen LogP contribution is 2.18. The van der Waals surface area contributed by atoms with Crippen molar-refractivity contribution in [3.05, 3.63) is 72.9 Å². The number of benzene rings is 1. The molecule has 0 amide bonds. The number of fused-ring (bicyclic) bond motifs is 1. The van der Waals surface area contributed by atoms with Crippen LogP contribution in [0.1, 0.15) is 19.4 Å². The predicted octanol–water partition coefficient (Wildman–Crippen LogP) is 1.75. The van der Waals surface area contributed by atoms with Crippen molar-refractivity contribution in [3.8, 4) is 0 Å². The molecule has 30 heavy (non-hydrogen) atoms. The van der Waals surface area contributed by atoms with Crippen molar-refractivity contribution in [2.45, 2.75) is 20.4 Å². The number of hydrogen-bond donors (Lipinski definition) is 1. The molecule has 0 aliphatic carbocycles. The van der Waals surface area contributed by atoms with Crippen LogP contribution in [0.5, 0.6) is 0 Å². The van der Waals surface area contributed by atoms with Gasteiger partial charge in [0.15, 0.2) is 11.2 Å². The number of hydrazone groups is 1. The molecule has 11 nitrogen and oxygen atoms in total. The molecule has 0 fully saturated rings. The lowest BCUT2D eigenvalue weighted by Gasteiger charge is -2.09. The Bertz CT molecular complexity index is 1330. The van der Waals surface area contributed by atoms with E-state index in [2.05, 4.69) is 22.1 Å². The quantitative estimate of drug-likeness (QED) is 0.285. The number of aryl methyl sites for hydroxylation is 1. The van der Waals surface area contributed by atoms with Crippen LogP contribution in [0.25, 0.3) is 11.2 Å². The Kier molecular flexibility index (Phi) is 5.37. The van der Waals surface area contributed by atoms with Gasteiger partial charge in [-0.3, -0.25) is 28.6 Å². The monoisotopic (exact) mass is 411 g/mol. The third-order valence-electron chi connectivity index (χ3n) is 4.57. The van der Waals surface area contributed by atoms with Crippen LogP contribution in [0.4, 0.5) is 11.6 Å². The summed E-state index contributed by atoms with van der Waals surface area (Å²) >= 11 is 0. The molecule has 0 aliphatic heterocycles. The zero-order chi connectivity index (χ0) is 22.2. The Hall–Kier alpha value is -4.02. The molecule has 1 N–H and O–H groups in total. The minimum atomic E-state index is -0.490. The Labute approximate surface area is 170 Å². The fourth-order valence-corrected chi connectivity index (χ4v) is 3.00. The second kappa shape index (κ2) is 7.78. The summed E-state index contributed by atoms with van der Waals surface area (Å²) in [6.07, 6.45) is 0. The maximum Gasteiger partial charge on any atom is 0.332 e. The summed E-state index contributed by atoms with van der Waals surface area (Å²) in [4.78, 5) is 39.8. The van der Waals surface area contributed by atoms with Gasteiger partial charge in [0, 0.05) is 38.3 Å². The van der Waals surface area contributed by atoms with E-state index in [1.165, 1.54) is 30.8 Å². The first-order chi connectivity index (χ1) is 14.1. The van der Waals surface area contributed by atoms with E-state index < -0.39 is 16.2 Å². The summed E-state index contributed by atoms with van der Waals surface area (Å²) in [5.74, 6) is 0.246. The summed E-state index contributed by atoms with van der Waals surface area (Å²) in [6, 6.07) is 6.08. The number of nitro groups is 1. The number of non-ortho nitro benzene ring substituents is 1. The molecule has 0 saturated carbocycles. The molecule has 156 valence electrons. The minimum absolute atomic E-state index is 0.0462. The van der Waals surface area contributed by atoms with Gasteiger partial charge in [0.25, 0.3) is 11.2 Å². The summed E-state index contributed by atoms with van der Waals surface area (Å²) in [5, 5.41) is 15.3. The third-order valence-corrected chi connectivity index (χ3v) is 4.57. The van der Waals surface area contributed by atoms with Crippen LogP contribution >= 0.6 is 0 Å². The lowest BCUT2D eigenvalue weighted by molar-refractivity contribution is -0.384. The van der Waals surface area contributed by atoms with E-state index >= 15 is 0 Å². The molecule has 2 heterocycles. The number of aromatic nitrogens is 4. The Morgan fingerprint density at radius 2 is 1.97 bits per heavy atom. The van der Waals surface area contributed by atoms with Crippen molar-refractivity contribution < 1.29 is 4.92 Å². The van der Waals surface area contributed by atoms with Gasteiger partial charge in [0.2, 0.25) is 5.95 Å². The second-order valence-electron chi connectivity index (χ2n) is 6.97. The average Bonchev–Trinajstić information content (AvgIpc) is 3.06. The van der Waals surface area contributed by atoms with Gasteiger partial charge in [-0.2, -0.15) is 10.1 Å². The van der Waals surface area contributed by atoms with Crippen LogP contribution in [0.15, 0.2) is 51.1 Å². The highest BCUT2D eigenvalue weighted by molar-refractivity contribution is 5.99. The van der Waals surface area contributed by atoms with Crippen LogP contribution < -0.4 is 16.7 Å². The molecule has 0 saturated heterocycles. The summed E-state index contributed by atoms with van der Waals surface area (Å²) in [6.45, 7) is 7.67. The van der Waals surface area contributed by atoms with E-state index in [0.717, 1.165) is 10.1 Å². The van der Waals surface area contributed by atoms with E-state index in [1.807, 2.05) is 0 Å². The smallest absolute Gasteiger partial charge is 0.299 e. The van der Waals surface area contributed by atoms with Crippen molar-refractivity contribution >= 4 is 28.5 Å². The van der Waals surface area contributed by atoms with Crippen LogP contribution in [0.3, 0.4) is 0 Å². The van der Waals surface area contributed by atoms with Gasteiger partial charge in [0.1, 0.15) is 0 Å². The zero-order valence-electron chi connectivity index (χ0n) is 17.0. The van der Waals surface area contributed by atoms with Gasteiger partial charge >= 0.3 is 5.69 Å². The number of imidazole rings is 1. The van der Waals surface area contributed by atoms with Crippen molar-refractivity contribution in [2.24, 2.45) is 19.2 Å². The van der Waals surface area contributed by atoms with Crippen LogP contribution in [0, 0.1) is 10.1 Å². The molecule has 0 bridgehead atoms. The van der Waals surface area contributed by atoms with Gasteiger partial charge in [-0.25, -0.2) is 10.2 Å². The zero-order valence-corrected chi connectivity index (χ0v) is 17.0. The van der Waals surface area contributed by atoms with E-state index in [0.29, 0.717) is 11.3 Å². The first-order valence-corrected chi connectivity index (χ1v) is 8.97. The second-order valence-corrected chi connectivity index (χ2v) is 6.97. The molecule has 2 aromatic heterocycles. The number of nitrogens with zero attached hydrogens (tertiary/aromatic N) is 6. The van der Waals surface area contributed by atoms with Crippen molar-refractivity contribution in [1.82, 2.24) is 18.7 Å². The first kappa shape index (κ1) is 20.7. The Morgan fingerprint density at radius 1 is 1.27 bits per heavy atom. The van der Waals surface area contributed by atoms with Crippen LogP contribution in [0.2, 0.25) is 0 Å². The van der Waals surface area contributed by atoms with Crippen molar-refractivity contribution in [1.29, 1.82) is 0 Å². The number of anilines is 1. The number of rotatable bonds is 6. The van der Waals surface area contributed by atoms with Gasteiger partial charge in [-0.15, -0.1) is 0 Å². The molecule has 1 aromatic carbocycles. The Morgan fingerprint density at radius 3 is 2.60 bits per heavy atom. The normalized spacial score (nSPS) is 11.7. The standard InChI is InChI=1S/C19H21N7O4/c1-11(2)10-25-15-16(23(4)19(28)24(5)17(15)27)20-18(25)22-21-12(3)13-7-6-8-14(9-13)26(29)30/h6-9H,1,10H2,2-5H3,(H,20,22)/b21-12-. The molecular formula is C19H21N7O4. The maximum absolute atomic E-state index is 12.7. The number of hydrogen-bond acceptors (Lipinski definition) is 7. The molecule has 3 aromatic rings. The molecular weight excluding hydrogens is 390 g/mol. The minimum Gasteiger partial charge on any atom is -0.299 e. The topological polar surface area (TPSA) is 129 Å². The lowest BCUT2D eigenvalue weighted by Crippen LogP contribution is -2.37. The van der Waals surface area contributed by atoms with Gasteiger partial charge in [-0.05, 0) is 13.8 Å². The number of nitrogens with one attached hydrogen (secondary N) is 1. The van der Waals surface area contributed by atoms with E-state index in [1.54, 1.807) is 30.5 Å². The average molecular weight is 411 g/mol. The number of nitro benzene ring substituents is 1. The van der Waals surface area contributed by atoms with Gasteiger partial charge in [-0.1, -0.05) is 24.3 Å². The summed E-state index contributed by atoms with van der Waals surface area (Å²) in [7, 11) is 2.93. The predicted molar refractivity (Wildman–Crippen MR) is 114 cm³/mol. The fourth-order valence-electron chi connectivity index (χ4n) is 3.00. The van der Waals surface area contributed by atoms with Gasteiger partial charge in [0.05, 0.1) is 10.6 Å². The third kappa shape index (κ3) is 3.64. The highest BCUT2D eigenvalue weighted by Gasteiger charge is 2.19.